The Morgan fingerprint density at radius 2 is 1.67 bits per heavy atom. The molecule has 110 valence electrons. The molecule has 1 aliphatic heterocycles. The van der Waals surface area contributed by atoms with Crippen molar-refractivity contribution in [2.24, 2.45) is 0 Å². The lowest BCUT2D eigenvalue weighted by molar-refractivity contribution is -0.143. The predicted molar refractivity (Wildman–Crippen MR) is 72.7 cm³/mol. The molecule has 6 heteroatoms. The lowest BCUT2D eigenvalue weighted by atomic mass is 10.1. The number of fused-ring (bicyclic) bond motifs is 1. The Morgan fingerprint density at radius 1 is 1.10 bits per heavy atom. The third-order valence-electron chi connectivity index (χ3n) is 3.28. The lowest BCUT2D eigenvalue weighted by Gasteiger charge is -2.12. The van der Waals surface area contributed by atoms with E-state index in [-0.39, 0.29) is 37.0 Å². The van der Waals surface area contributed by atoms with Gasteiger partial charge in [0.2, 0.25) is 0 Å². The summed E-state index contributed by atoms with van der Waals surface area (Å²) in [4.78, 5) is 47.7. The molecule has 2 amide bonds. The maximum Gasteiger partial charge on any atom is 0.313 e. The van der Waals surface area contributed by atoms with Crippen molar-refractivity contribution in [1.82, 2.24) is 4.90 Å². The number of hydrogen-bond donors (Lipinski definition) is 0. The Labute approximate surface area is 121 Å². The Kier molecular flexibility index (Phi) is 4.47. The quantitative estimate of drug-likeness (QED) is 0.446. The van der Waals surface area contributed by atoms with Gasteiger partial charge in [-0.15, -0.1) is 0 Å². The lowest BCUT2D eigenvalue weighted by Crippen LogP contribution is -2.31. The molecule has 21 heavy (non-hydrogen) atoms. The number of methoxy groups -OCH3 is 1. The van der Waals surface area contributed by atoms with Gasteiger partial charge < -0.3 is 4.74 Å². The Balaban J connectivity index is 1.88. The Bertz CT molecular complexity index is 573. The van der Waals surface area contributed by atoms with Crippen molar-refractivity contribution in [3.63, 3.8) is 0 Å². The first-order valence-corrected chi connectivity index (χ1v) is 6.58. The van der Waals surface area contributed by atoms with Gasteiger partial charge in [0.25, 0.3) is 11.8 Å². The van der Waals surface area contributed by atoms with Crippen LogP contribution in [0.25, 0.3) is 0 Å². The third kappa shape index (κ3) is 3.16. The van der Waals surface area contributed by atoms with Crippen molar-refractivity contribution in [2.45, 2.75) is 19.3 Å². The van der Waals surface area contributed by atoms with Crippen molar-refractivity contribution < 1.29 is 23.9 Å². The third-order valence-corrected chi connectivity index (χ3v) is 3.28. The number of hydrogen-bond acceptors (Lipinski definition) is 5. The number of nitrogens with zero attached hydrogens (tertiary/aromatic N) is 1. The van der Waals surface area contributed by atoms with Crippen LogP contribution in [-0.4, -0.2) is 42.1 Å². The molecule has 0 aromatic heterocycles. The van der Waals surface area contributed by atoms with Gasteiger partial charge in [0, 0.05) is 13.0 Å². The SMILES string of the molecule is COC(=O)CC(=O)CCCN1C(=O)c2ccccc2C1=O. The molecule has 0 atom stereocenters. The van der Waals surface area contributed by atoms with Crippen LogP contribution in [0, 0.1) is 0 Å². The second kappa shape index (κ2) is 6.30. The number of imide groups is 1. The van der Waals surface area contributed by atoms with Crippen molar-refractivity contribution in [3.8, 4) is 0 Å². The fraction of sp³-hybridized carbons (Fsp3) is 0.333. The molecule has 1 heterocycles. The smallest absolute Gasteiger partial charge is 0.313 e. The van der Waals surface area contributed by atoms with E-state index in [1.54, 1.807) is 24.3 Å². The van der Waals surface area contributed by atoms with Gasteiger partial charge in [-0.25, -0.2) is 0 Å². The van der Waals surface area contributed by atoms with Gasteiger partial charge in [-0.2, -0.15) is 0 Å². The molecule has 2 rings (SSSR count). The van der Waals surface area contributed by atoms with E-state index in [1.165, 1.54) is 7.11 Å². The molecule has 0 radical (unpaired) electrons. The molecule has 0 bridgehead atoms. The van der Waals surface area contributed by atoms with Crippen molar-refractivity contribution in [2.75, 3.05) is 13.7 Å². The van der Waals surface area contributed by atoms with E-state index < -0.39 is 5.97 Å². The molecular formula is C15H15NO5. The number of benzene rings is 1. The largest absolute Gasteiger partial charge is 0.469 e. The van der Waals surface area contributed by atoms with Crippen LogP contribution in [0.1, 0.15) is 40.0 Å². The van der Waals surface area contributed by atoms with Gasteiger partial charge in [0.05, 0.1) is 18.2 Å². The average Bonchev–Trinajstić information content (AvgIpc) is 2.72. The minimum absolute atomic E-state index is 0.127. The summed E-state index contributed by atoms with van der Waals surface area (Å²) in [5.41, 5.74) is 0.784. The fourth-order valence-corrected chi connectivity index (χ4v) is 2.20. The summed E-state index contributed by atoms with van der Waals surface area (Å²) in [6.07, 6.45) is 0.183. The first-order valence-electron chi connectivity index (χ1n) is 6.58. The topological polar surface area (TPSA) is 80.8 Å². The van der Waals surface area contributed by atoms with Gasteiger partial charge in [-0.3, -0.25) is 24.1 Å². The van der Waals surface area contributed by atoms with Crippen molar-refractivity contribution in [3.05, 3.63) is 35.4 Å². The highest BCUT2D eigenvalue weighted by atomic mass is 16.5. The van der Waals surface area contributed by atoms with Crippen LogP contribution < -0.4 is 0 Å². The summed E-state index contributed by atoms with van der Waals surface area (Å²) in [5, 5.41) is 0. The standard InChI is InChI=1S/C15H15NO5/c1-21-13(18)9-10(17)5-4-8-16-14(19)11-6-2-3-7-12(11)15(16)20/h2-3,6-7H,4-5,8-9H2,1H3. The summed E-state index contributed by atoms with van der Waals surface area (Å²) in [5.74, 6) is -1.52. The number of amides is 2. The van der Waals surface area contributed by atoms with Crippen LogP contribution in [0.3, 0.4) is 0 Å². The number of carbonyl (C=O) groups is 4. The van der Waals surface area contributed by atoms with Gasteiger partial charge >= 0.3 is 5.97 Å². The van der Waals surface area contributed by atoms with E-state index in [9.17, 15) is 19.2 Å². The summed E-state index contributed by atoms with van der Waals surface area (Å²) >= 11 is 0. The summed E-state index contributed by atoms with van der Waals surface area (Å²) in [6, 6.07) is 6.62. The zero-order chi connectivity index (χ0) is 15.4. The number of esters is 1. The number of carbonyl (C=O) groups excluding carboxylic acids is 4. The Hall–Kier alpha value is -2.50. The highest BCUT2D eigenvalue weighted by Crippen LogP contribution is 2.22. The molecule has 0 N–H and O–H groups in total. The maximum atomic E-state index is 12.1. The van der Waals surface area contributed by atoms with E-state index in [1.807, 2.05) is 0 Å². The zero-order valence-electron chi connectivity index (χ0n) is 11.6. The molecule has 6 nitrogen and oxygen atoms in total. The van der Waals surface area contributed by atoms with Crippen LogP contribution in [0.4, 0.5) is 0 Å². The molecule has 1 aliphatic rings. The second-order valence-electron chi connectivity index (χ2n) is 4.70. The highest BCUT2D eigenvalue weighted by molar-refractivity contribution is 6.21. The van der Waals surface area contributed by atoms with Crippen molar-refractivity contribution >= 4 is 23.6 Å². The highest BCUT2D eigenvalue weighted by Gasteiger charge is 2.34. The number of rotatable bonds is 6. The van der Waals surface area contributed by atoms with Crippen LogP contribution in [0.2, 0.25) is 0 Å². The summed E-state index contributed by atoms with van der Waals surface area (Å²) in [7, 11) is 1.22. The van der Waals surface area contributed by atoms with E-state index >= 15 is 0 Å². The average molecular weight is 289 g/mol. The van der Waals surface area contributed by atoms with Crippen LogP contribution >= 0.6 is 0 Å². The Morgan fingerprint density at radius 3 is 2.19 bits per heavy atom. The minimum Gasteiger partial charge on any atom is -0.469 e. The van der Waals surface area contributed by atoms with Crippen LogP contribution in [0.15, 0.2) is 24.3 Å². The molecule has 0 saturated carbocycles. The molecule has 0 spiro atoms. The molecule has 0 fully saturated rings. The predicted octanol–water partition coefficient (Wildman–Crippen LogP) is 1.19. The summed E-state index contributed by atoms with van der Waals surface area (Å²) < 4.78 is 4.40. The maximum absolute atomic E-state index is 12.1. The summed E-state index contributed by atoms with van der Waals surface area (Å²) in [6.45, 7) is 0.166. The zero-order valence-corrected chi connectivity index (χ0v) is 11.6. The van der Waals surface area contributed by atoms with E-state index in [4.69, 9.17) is 0 Å². The normalized spacial score (nSPS) is 13.3. The van der Waals surface area contributed by atoms with E-state index in [2.05, 4.69) is 4.74 Å². The van der Waals surface area contributed by atoms with Crippen LogP contribution in [-0.2, 0) is 14.3 Å². The molecule has 0 unspecified atom stereocenters. The molecule has 1 aromatic rings. The van der Waals surface area contributed by atoms with E-state index in [0.29, 0.717) is 17.5 Å². The molecule has 1 aromatic carbocycles. The van der Waals surface area contributed by atoms with Gasteiger partial charge in [0.1, 0.15) is 12.2 Å². The number of ether oxygens (including phenoxy) is 1. The first-order chi connectivity index (χ1) is 10.0. The van der Waals surface area contributed by atoms with Crippen LogP contribution in [0.5, 0.6) is 0 Å². The van der Waals surface area contributed by atoms with E-state index in [0.717, 1.165) is 4.90 Å². The van der Waals surface area contributed by atoms with Gasteiger partial charge in [-0.1, -0.05) is 12.1 Å². The number of ketones is 1. The fourth-order valence-electron chi connectivity index (χ4n) is 2.20. The second-order valence-corrected chi connectivity index (χ2v) is 4.70. The molecular weight excluding hydrogens is 274 g/mol. The van der Waals surface area contributed by atoms with Gasteiger partial charge in [0.15, 0.2) is 0 Å². The van der Waals surface area contributed by atoms with Crippen molar-refractivity contribution in [1.29, 1.82) is 0 Å². The molecule has 0 saturated heterocycles. The molecule has 0 aliphatic carbocycles. The number of Topliss-reactive ketones (excluding diaryl/α,β-unsaturated/α-hetero) is 1. The monoisotopic (exact) mass is 289 g/mol. The minimum atomic E-state index is -0.583. The van der Waals surface area contributed by atoms with Gasteiger partial charge in [-0.05, 0) is 18.6 Å². The first kappa shape index (κ1) is 14.9.